The third kappa shape index (κ3) is 5.01. The molecule has 2 N–H and O–H groups in total. The van der Waals surface area contributed by atoms with Crippen LogP contribution in [-0.4, -0.2) is 55.1 Å². The van der Waals surface area contributed by atoms with E-state index in [1.54, 1.807) is 24.5 Å². The summed E-state index contributed by atoms with van der Waals surface area (Å²) in [7, 11) is 2.09. The van der Waals surface area contributed by atoms with Crippen molar-refractivity contribution in [3.05, 3.63) is 59.9 Å². The molecule has 6 nitrogen and oxygen atoms in total. The standard InChI is InChI=1S/C19H24N4O2/c1-23-9-8-21-12-17(23)13-22-19(24)16-5-2-6-18(10-16)25-14-15-4-3-7-20-11-15/h2-7,10-11,17,21H,8-9,12-14H2,1H3,(H,22,24). The van der Waals surface area contributed by atoms with Gasteiger partial charge >= 0.3 is 0 Å². The lowest BCUT2D eigenvalue weighted by molar-refractivity contribution is 0.0932. The van der Waals surface area contributed by atoms with Gasteiger partial charge in [-0.2, -0.15) is 0 Å². The maximum atomic E-state index is 12.4. The minimum absolute atomic E-state index is 0.0780. The van der Waals surface area contributed by atoms with Gasteiger partial charge in [-0.3, -0.25) is 14.7 Å². The summed E-state index contributed by atoms with van der Waals surface area (Å²) in [5.41, 5.74) is 1.60. The summed E-state index contributed by atoms with van der Waals surface area (Å²) in [5, 5.41) is 6.37. The van der Waals surface area contributed by atoms with Gasteiger partial charge in [-0.1, -0.05) is 12.1 Å². The van der Waals surface area contributed by atoms with E-state index in [1.165, 1.54) is 0 Å². The van der Waals surface area contributed by atoms with E-state index >= 15 is 0 Å². The first kappa shape index (κ1) is 17.4. The van der Waals surface area contributed by atoms with Gasteiger partial charge < -0.3 is 15.4 Å². The predicted molar refractivity (Wildman–Crippen MR) is 96.6 cm³/mol. The molecule has 1 atom stereocenters. The number of amides is 1. The van der Waals surface area contributed by atoms with E-state index in [0.29, 0.717) is 30.5 Å². The second-order valence-electron chi connectivity index (χ2n) is 6.23. The predicted octanol–water partition coefficient (Wildman–Crippen LogP) is 1.29. The van der Waals surface area contributed by atoms with Gasteiger partial charge in [0.05, 0.1) is 0 Å². The molecule has 1 aliphatic heterocycles. The van der Waals surface area contributed by atoms with Crippen molar-refractivity contribution < 1.29 is 9.53 Å². The van der Waals surface area contributed by atoms with E-state index in [-0.39, 0.29) is 5.91 Å². The lowest BCUT2D eigenvalue weighted by Crippen LogP contribution is -2.53. The molecule has 2 heterocycles. The Bertz CT molecular complexity index is 693. The molecular weight excluding hydrogens is 316 g/mol. The number of aromatic nitrogens is 1. The molecule has 1 aromatic heterocycles. The number of likely N-dealkylation sites (N-methyl/N-ethyl adjacent to an activating group) is 1. The maximum Gasteiger partial charge on any atom is 0.251 e. The van der Waals surface area contributed by atoms with Crippen LogP contribution in [0.25, 0.3) is 0 Å². The Kier molecular flexibility index (Phi) is 5.98. The van der Waals surface area contributed by atoms with E-state index in [0.717, 1.165) is 25.2 Å². The highest BCUT2D eigenvalue weighted by atomic mass is 16.5. The van der Waals surface area contributed by atoms with Crippen LogP contribution in [-0.2, 0) is 6.61 Å². The number of hydrogen-bond acceptors (Lipinski definition) is 5. The summed E-state index contributed by atoms with van der Waals surface area (Å²) >= 11 is 0. The fourth-order valence-electron chi connectivity index (χ4n) is 2.78. The molecule has 0 spiro atoms. The zero-order chi connectivity index (χ0) is 17.5. The van der Waals surface area contributed by atoms with E-state index in [9.17, 15) is 4.79 Å². The Morgan fingerprint density at radius 2 is 2.32 bits per heavy atom. The summed E-state index contributed by atoms with van der Waals surface area (Å²) in [6.07, 6.45) is 3.50. The molecule has 0 bridgehead atoms. The monoisotopic (exact) mass is 340 g/mol. The van der Waals surface area contributed by atoms with Crippen molar-refractivity contribution in [2.75, 3.05) is 33.2 Å². The molecule has 1 fully saturated rings. The number of ether oxygens (including phenoxy) is 1. The number of piperazine rings is 1. The number of hydrogen-bond donors (Lipinski definition) is 2. The molecule has 3 rings (SSSR count). The Labute approximate surface area is 148 Å². The van der Waals surface area contributed by atoms with E-state index in [4.69, 9.17) is 4.74 Å². The smallest absolute Gasteiger partial charge is 0.251 e. The van der Waals surface area contributed by atoms with E-state index in [1.807, 2.05) is 24.3 Å². The zero-order valence-corrected chi connectivity index (χ0v) is 14.4. The second kappa shape index (κ2) is 8.60. The van der Waals surface area contributed by atoms with Gasteiger partial charge in [0.2, 0.25) is 0 Å². The van der Waals surface area contributed by atoms with Gasteiger partial charge in [0.15, 0.2) is 0 Å². The third-order valence-corrected chi connectivity index (χ3v) is 4.37. The lowest BCUT2D eigenvalue weighted by atomic mass is 10.1. The summed E-state index contributed by atoms with van der Waals surface area (Å²) in [6.45, 7) is 3.95. The zero-order valence-electron chi connectivity index (χ0n) is 14.4. The summed E-state index contributed by atoms with van der Waals surface area (Å²) in [4.78, 5) is 18.7. The SMILES string of the molecule is CN1CCNCC1CNC(=O)c1cccc(OCc2cccnc2)c1. The van der Waals surface area contributed by atoms with Crippen LogP contribution in [0.5, 0.6) is 5.75 Å². The second-order valence-corrected chi connectivity index (χ2v) is 6.23. The molecule has 0 saturated carbocycles. The van der Waals surface area contributed by atoms with Crippen molar-refractivity contribution in [1.29, 1.82) is 0 Å². The van der Waals surface area contributed by atoms with Crippen LogP contribution in [0.15, 0.2) is 48.8 Å². The average Bonchev–Trinajstić information content (AvgIpc) is 2.66. The van der Waals surface area contributed by atoms with Gasteiger partial charge in [0.25, 0.3) is 5.91 Å². The van der Waals surface area contributed by atoms with Crippen molar-refractivity contribution in [3.8, 4) is 5.75 Å². The highest BCUT2D eigenvalue weighted by Gasteiger charge is 2.19. The van der Waals surface area contributed by atoms with Gasteiger partial charge in [0, 0.05) is 55.7 Å². The number of carbonyl (C=O) groups is 1. The van der Waals surface area contributed by atoms with Crippen LogP contribution >= 0.6 is 0 Å². The van der Waals surface area contributed by atoms with Crippen LogP contribution in [0, 0.1) is 0 Å². The first-order chi connectivity index (χ1) is 12.2. The van der Waals surface area contributed by atoms with Crippen molar-refractivity contribution in [2.24, 2.45) is 0 Å². The Hall–Kier alpha value is -2.44. The third-order valence-electron chi connectivity index (χ3n) is 4.37. The Morgan fingerprint density at radius 1 is 1.40 bits per heavy atom. The highest BCUT2D eigenvalue weighted by Crippen LogP contribution is 2.15. The number of nitrogens with zero attached hydrogens (tertiary/aromatic N) is 2. The first-order valence-electron chi connectivity index (χ1n) is 8.53. The molecule has 6 heteroatoms. The lowest BCUT2D eigenvalue weighted by Gasteiger charge is -2.33. The molecule has 25 heavy (non-hydrogen) atoms. The maximum absolute atomic E-state index is 12.4. The van der Waals surface area contributed by atoms with E-state index in [2.05, 4.69) is 27.6 Å². The largest absolute Gasteiger partial charge is 0.489 e. The summed E-state index contributed by atoms with van der Waals surface area (Å²) in [6, 6.07) is 11.4. The van der Waals surface area contributed by atoms with Crippen molar-refractivity contribution >= 4 is 5.91 Å². The van der Waals surface area contributed by atoms with Gasteiger partial charge in [-0.15, -0.1) is 0 Å². The van der Waals surface area contributed by atoms with Crippen LogP contribution in [0.1, 0.15) is 15.9 Å². The van der Waals surface area contributed by atoms with Gasteiger partial charge in [-0.05, 0) is 31.3 Å². The normalized spacial score (nSPS) is 17.9. The average molecular weight is 340 g/mol. The number of rotatable bonds is 6. The van der Waals surface area contributed by atoms with Gasteiger partial charge in [0.1, 0.15) is 12.4 Å². The molecule has 1 aliphatic rings. The quantitative estimate of drug-likeness (QED) is 0.830. The molecule has 1 amide bonds. The van der Waals surface area contributed by atoms with Crippen molar-refractivity contribution in [3.63, 3.8) is 0 Å². The molecular formula is C19H24N4O2. The number of pyridine rings is 1. The number of benzene rings is 1. The fourth-order valence-corrected chi connectivity index (χ4v) is 2.78. The van der Waals surface area contributed by atoms with Crippen LogP contribution in [0.2, 0.25) is 0 Å². The topological polar surface area (TPSA) is 66.5 Å². The number of nitrogens with one attached hydrogen (secondary N) is 2. The molecule has 1 unspecified atom stereocenters. The van der Waals surface area contributed by atoms with E-state index < -0.39 is 0 Å². The minimum atomic E-state index is -0.0780. The number of carbonyl (C=O) groups excluding carboxylic acids is 1. The molecule has 1 aromatic carbocycles. The van der Waals surface area contributed by atoms with Crippen LogP contribution in [0.4, 0.5) is 0 Å². The highest BCUT2D eigenvalue weighted by molar-refractivity contribution is 5.94. The first-order valence-corrected chi connectivity index (χ1v) is 8.53. The summed E-state index contributed by atoms with van der Waals surface area (Å²) in [5.74, 6) is 0.596. The molecule has 1 saturated heterocycles. The van der Waals surface area contributed by atoms with Crippen LogP contribution in [0.3, 0.4) is 0 Å². The Morgan fingerprint density at radius 3 is 3.12 bits per heavy atom. The van der Waals surface area contributed by atoms with Crippen molar-refractivity contribution in [1.82, 2.24) is 20.5 Å². The molecule has 2 aromatic rings. The summed E-state index contributed by atoms with van der Waals surface area (Å²) < 4.78 is 5.76. The van der Waals surface area contributed by atoms with Crippen molar-refractivity contribution in [2.45, 2.75) is 12.6 Å². The molecule has 0 aliphatic carbocycles. The molecule has 132 valence electrons. The fraction of sp³-hybridized carbons (Fsp3) is 0.368. The minimum Gasteiger partial charge on any atom is -0.489 e. The molecule has 0 radical (unpaired) electrons. The Balaban J connectivity index is 1.54. The van der Waals surface area contributed by atoms with Crippen LogP contribution < -0.4 is 15.4 Å². The van der Waals surface area contributed by atoms with Gasteiger partial charge in [-0.25, -0.2) is 0 Å².